The van der Waals surface area contributed by atoms with Crippen LogP contribution < -0.4 is 0 Å². The Hall–Kier alpha value is -1.11. The van der Waals surface area contributed by atoms with Crippen LogP contribution in [-0.4, -0.2) is 5.78 Å². The Kier molecular flexibility index (Phi) is 4.44. The molecule has 1 aliphatic carbocycles. The van der Waals surface area contributed by atoms with Crippen LogP contribution in [-0.2, 0) is 0 Å². The van der Waals surface area contributed by atoms with Crippen LogP contribution in [0.25, 0.3) is 0 Å². The van der Waals surface area contributed by atoms with Gasteiger partial charge in [0.15, 0.2) is 5.78 Å². The van der Waals surface area contributed by atoms with Crippen molar-refractivity contribution in [2.75, 3.05) is 0 Å². The molecule has 0 saturated heterocycles. The zero-order valence-corrected chi connectivity index (χ0v) is 12.7. The van der Waals surface area contributed by atoms with Gasteiger partial charge in [0.05, 0.1) is 0 Å². The molecule has 0 radical (unpaired) electrons. The first-order chi connectivity index (χ1) is 8.99. The fourth-order valence-corrected chi connectivity index (χ4v) is 2.74. The van der Waals surface area contributed by atoms with Crippen molar-refractivity contribution < 1.29 is 4.79 Å². The monoisotopic (exact) mass is 258 g/mol. The van der Waals surface area contributed by atoms with Crippen molar-refractivity contribution in [2.24, 2.45) is 5.92 Å². The Balaban J connectivity index is 2.24. The number of ketones is 1. The van der Waals surface area contributed by atoms with Crippen LogP contribution in [0, 0.1) is 5.92 Å². The maximum atomic E-state index is 12.5. The van der Waals surface area contributed by atoms with E-state index in [1.807, 2.05) is 0 Å². The minimum absolute atomic E-state index is 0.351. The topological polar surface area (TPSA) is 17.1 Å². The molecule has 1 fully saturated rings. The molecule has 1 aliphatic rings. The van der Waals surface area contributed by atoms with Gasteiger partial charge in [0.1, 0.15) is 0 Å². The van der Waals surface area contributed by atoms with E-state index in [0.717, 1.165) is 12.0 Å². The SMILES string of the molecule is CC(C)c1ccc(C(=O)CC2CCC2)c(C(C)C)c1. The number of hydrogen-bond donors (Lipinski definition) is 0. The first-order valence-electron chi connectivity index (χ1n) is 7.66. The molecule has 0 unspecified atom stereocenters. The van der Waals surface area contributed by atoms with Gasteiger partial charge in [-0.25, -0.2) is 0 Å². The lowest BCUT2D eigenvalue weighted by Crippen LogP contribution is -2.17. The standard InChI is InChI=1S/C18H26O/c1-12(2)15-8-9-16(17(11-15)13(3)4)18(19)10-14-6-5-7-14/h8-9,11-14H,5-7,10H2,1-4H3. The summed E-state index contributed by atoms with van der Waals surface area (Å²) < 4.78 is 0. The lowest BCUT2D eigenvalue weighted by Gasteiger charge is -2.25. The van der Waals surface area contributed by atoms with Gasteiger partial charge in [0.25, 0.3) is 0 Å². The predicted octanol–water partition coefficient (Wildman–Crippen LogP) is 5.31. The molecule has 1 nitrogen and oxygen atoms in total. The Morgan fingerprint density at radius 1 is 1.16 bits per heavy atom. The van der Waals surface area contributed by atoms with Crippen molar-refractivity contribution in [1.29, 1.82) is 0 Å². The molecule has 1 saturated carbocycles. The van der Waals surface area contributed by atoms with Crippen LogP contribution in [0.2, 0.25) is 0 Å². The van der Waals surface area contributed by atoms with Gasteiger partial charge in [0.2, 0.25) is 0 Å². The number of carbonyl (C=O) groups excluding carboxylic acids is 1. The molecular formula is C18H26O. The highest BCUT2D eigenvalue weighted by atomic mass is 16.1. The number of rotatable bonds is 5. The Labute approximate surface area is 117 Å². The third kappa shape index (κ3) is 3.26. The maximum absolute atomic E-state index is 12.5. The van der Waals surface area contributed by atoms with E-state index in [-0.39, 0.29) is 0 Å². The molecule has 19 heavy (non-hydrogen) atoms. The van der Waals surface area contributed by atoms with E-state index in [9.17, 15) is 4.79 Å². The molecule has 1 aromatic rings. The Bertz CT molecular complexity index is 453. The third-order valence-electron chi connectivity index (χ3n) is 4.36. The van der Waals surface area contributed by atoms with Crippen LogP contribution >= 0.6 is 0 Å². The minimum atomic E-state index is 0.351. The lowest BCUT2D eigenvalue weighted by atomic mass is 9.79. The van der Waals surface area contributed by atoms with Crippen molar-refractivity contribution in [1.82, 2.24) is 0 Å². The van der Waals surface area contributed by atoms with Crippen LogP contribution in [0.4, 0.5) is 0 Å². The third-order valence-corrected chi connectivity index (χ3v) is 4.36. The maximum Gasteiger partial charge on any atom is 0.163 e. The summed E-state index contributed by atoms with van der Waals surface area (Å²) in [4.78, 5) is 12.5. The Morgan fingerprint density at radius 3 is 2.32 bits per heavy atom. The lowest BCUT2D eigenvalue weighted by molar-refractivity contribution is 0.0935. The number of benzene rings is 1. The van der Waals surface area contributed by atoms with Crippen LogP contribution in [0.5, 0.6) is 0 Å². The normalized spacial score (nSPS) is 15.9. The molecule has 0 aliphatic heterocycles. The largest absolute Gasteiger partial charge is 0.294 e. The van der Waals surface area contributed by atoms with E-state index in [1.54, 1.807) is 0 Å². The highest BCUT2D eigenvalue weighted by molar-refractivity contribution is 5.98. The van der Waals surface area contributed by atoms with E-state index in [1.165, 1.54) is 30.4 Å². The second-order valence-corrected chi connectivity index (χ2v) is 6.58. The molecule has 1 heteroatoms. The Morgan fingerprint density at radius 2 is 1.84 bits per heavy atom. The van der Waals surface area contributed by atoms with Crippen LogP contribution in [0.1, 0.15) is 86.7 Å². The second-order valence-electron chi connectivity index (χ2n) is 6.58. The zero-order chi connectivity index (χ0) is 14.0. The molecule has 0 atom stereocenters. The smallest absolute Gasteiger partial charge is 0.163 e. The quantitative estimate of drug-likeness (QED) is 0.654. The summed E-state index contributed by atoms with van der Waals surface area (Å²) >= 11 is 0. The van der Waals surface area contributed by atoms with Gasteiger partial charge in [-0.15, -0.1) is 0 Å². The van der Waals surface area contributed by atoms with Crippen molar-refractivity contribution in [2.45, 2.75) is 65.2 Å². The fourth-order valence-electron chi connectivity index (χ4n) is 2.74. The molecule has 0 heterocycles. The molecule has 2 rings (SSSR count). The summed E-state index contributed by atoms with van der Waals surface area (Å²) in [6.07, 6.45) is 4.54. The molecule has 104 valence electrons. The summed E-state index contributed by atoms with van der Waals surface area (Å²) in [5.74, 6) is 1.94. The summed E-state index contributed by atoms with van der Waals surface area (Å²) in [5, 5.41) is 0. The molecular weight excluding hydrogens is 232 g/mol. The predicted molar refractivity (Wildman–Crippen MR) is 80.9 cm³/mol. The molecule has 1 aromatic carbocycles. The minimum Gasteiger partial charge on any atom is -0.294 e. The van der Waals surface area contributed by atoms with E-state index in [2.05, 4.69) is 45.9 Å². The molecule has 0 N–H and O–H groups in total. The first kappa shape index (κ1) is 14.3. The molecule has 0 bridgehead atoms. The highest BCUT2D eigenvalue weighted by Crippen LogP contribution is 2.32. The second kappa shape index (κ2) is 5.90. The van der Waals surface area contributed by atoms with Gasteiger partial charge >= 0.3 is 0 Å². The van der Waals surface area contributed by atoms with E-state index >= 15 is 0 Å². The highest BCUT2D eigenvalue weighted by Gasteiger charge is 2.23. The number of Topliss-reactive ketones (excluding diaryl/α,β-unsaturated/α-hetero) is 1. The van der Waals surface area contributed by atoms with E-state index in [4.69, 9.17) is 0 Å². The van der Waals surface area contributed by atoms with Gasteiger partial charge in [-0.1, -0.05) is 65.2 Å². The van der Waals surface area contributed by atoms with Gasteiger partial charge in [0, 0.05) is 12.0 Å². The first-order valence-corrected chi connectivity index (χ1v) is 7.66. The van der Waals surface area contributed by atoms with Gasteiger partial charge in [-0.05, 0) is 28.9 Å². The van der Waals surface area contributed by atoms with E-state index in [0.29, 0.717) is 23.5 Å². The number of carbonyl (C=O) groups is 1. The fraction of sp³-hybridized carbons (Fsp3) is 0.611. The van der Waals surface area contributed by atoms with Gasteiger partial charge in [-0.3, -0.25) is 4.79 Å². The average molecular weight is 258 g/mol. The molecule has 0 aromatic heterocycles. The van der Waals surface area contributed by atoms with Crippen molar-refractivity contribution in [3.05, 3.63) is 34.9 Å². The number of hydrogen-bond acceptors (Lipinski definition) is 1. The van der Waals surface area contributed by atoms with Crippen LogP contribution in [0.3, 0.4) is 0 Å². The van der Waals surface area contributed by atoms with Crippen molar-refractivity contribution in [3.63, 3.8) is 0 Å². The zero-order valence-electron chi connectivity index (χ0n) is 12.7. The van der Waals surface area contributed by atoms with Gasteiger partial charge in [-0.2, -0.15) is 0 Å². The average Bonchev–Trinajstić information content (AvgIpc) is 2.32. The molecule has 0 amide bonds. The summed E-state index contributed by atoms with van der Waals surface area (Å²) in [6, 6.07) is 6.43. The molecule has 0 spiro atoms. The van der Waals surface area contributed by atoms with Crippen LogP contribution in [0.15, 0.2) is 18.2 Å². The van der Waals surface area contributed by atoms with E-state index < -0.39 is 0 Å². The summed E-state index contributed by atoms with van der Waals surface area (Å²) in [6.45, 7) is 8.77. The van der Waals surface area contributed by atoms with Gasteiger partial charge < -0.3 is 0 Å². The van der Waals surface area contributed by atoms with Crippen molar-refractivity contribution in [3.8, 4) is 0 Å². The summed E-state index contributed by atoms with van der Waals surface area (Å²) in [5.41, 5.74) is 3.53. The van der Waals surface area contributed by atoms with Crippen molar-refractivity contribution >= 4 is 5.78 Å². The summed E-state index contributed by atoms with van der Waals surface area (Å²) in [7, 11) is 0.